The monoisotopic (exact) mass is 258 g/mol. The summed E-state index contributed by atoms with van der Waals surface area (Å²) in [5, 5.41) is 0.187. The van der Waals surface area contributed by atoms with Gasteiger partial charge in [0.15, 0.2) is 0 Å². The molecule has 0 saturated heterocycles. The highest BCUT2D eigenvalue weighted by Crippen LogP contribution is 2.37. The Bertz CT molecular complexity index is 497. The molecule has 0 radical (unpaired) electrons. The molecule has 1 aromatic carbocycles. The molecule has 3 heteroatoms. The average molecular weight is 258 g/mol. The molecule has 0 spiro atoms. The molecule has 1 aromatic heterocycles. The lowest BCUT2D eigenvalue weighted by Crippen LogP contribution is -2.23. The predicted molar refractivity (Wildman–Crippen MR) is 77.7 cm³/mol. The van der Waals surface area contributed by atoms with Gasteiger partial charge in [-0.3, -0.25) is 4.98 Å². The van der Waals surface area contributed by atoms with E-state index in [0.717, 1.165) is 5.69 Å². The van der Waals surface area contributed by atoms with Gasteiger partial charge >= 0.3 is 0 Å². The fourth-order valence-electron chi connectivity index (χ4n) is 1.81. The zero-order valence-corrected chi connectivity index (χ0v) is 11.5. The van der Waals surface area contributed by atoms with Gasteiger partial charge in [0.25, 0.3) is 0 Å². The molecular formula is C15H18N2S. The van der Waals surface area contributed by atoms with E-state index in [0.29, 0.717) is 0 Å². The Morgan fingerprint density at radius 3 is 2.44 bits per heavy atom. The van der Waals surface area contributed by atoms with E-state index in [2.05, 4.69) is 36.2 Å². The van der Waals surface area contributed by atoms with E-state index in [1.54, 1.807) is 11.8 Å². The van der Waals surface area contributed by atoms with Crippen LogP contribution in [0.2, 0.25) is 0 Å². The van der Waals surface area contributed by atoms with Crippen LogP contribution >= 0.6 is 11.8 Å². The molecule has 0 bridgehead atoms. The quantitative estimate of drug-likeness (QED) is 0.852. The van der Waals surface area contributed by atoms with Crippen molar-refractivity contribution < 1.29 is 0 Å². The number of nitrogens with zero attached hydrogens (tertiary/aromatic N) is 1. The maximum Gasteiger partial charge on any atom is 0.0665 e. The van der Waals surface area contributed by atoms with E-state index >= 15 is 0 Å². The molecule has 0 amide bonds. The number of hydrogen-bond donors (Lipinski definition) is 1. The van der Waals surface area contributed by atoms with Gasteiger partial charge in [0, 0.05) is 17.1 Å². The van der Waals surface area contributed by atoms with Crippen LogP contribution in [0.5, 0.6) is 0 Å². The minimum atomic E-state index is 0.0597. The summed E-state index contributed by atoms with van der Waals surface area (Å²) in [5.74, 6) is 0. The van der Waals surface area contributed by atoms with Crippen molar-refractivity contribution in [3.63, 3.8) is 0 Å². The van der Waals surface area contributed by atoms with E-state index in [4.69, 9.17) is 5.73 Å². The van der Waals surface area contributed by atoms with Crippen molar-refractivity contribution in [1.29, 1.82) is 0 Å². The first kappa shape index (κ1) is 13.1. The van der Waals surface area contributed by atoms with Crippen LogP contribution in [0.4, 0.5) is 0 Å². The van der Waals surface area contributed by atoms with Gasteiger partial charge in [-0.15, -0.1) is 11.8 Å². The van der Waals surface area contributed by atoms with Gasteiger partial charge in [-0.05, 0) is 37.6 Å². The normalized spacial score (nSPS) is 14.2. The SMILES string of the molecule is Cc1ccccc1SC(c1ccccn1)C(C)N. The first-order chi connectivity index (χ1) is 8.68. The van der Waals surface area contributed by atoms with Crippen molar-refractivity contribution in [1.82, 2.24) is 4.98 Å². The number of nitrogens with two attached hydrogens (primary N) is 1. The molecule has 2 atom stereocenters. The van der Waals surface area contributed by atoms with Gasteiger partial charge in [-0.1, -0.05) is 24.3 Å². The number of rotatable bonds is 4. The molecule has 2 unspecified atom stereocenters. The lowest BCUT2D eigenvalue weighted by molar-refractivity contribution is 0.705. The van der Waals surface area contributed by atoms with Gasteiger partial charge in [0.1, 0.15) is 0 Å². The zero-order chi connectivity index (χ0) is 13.0. The zero-order valence-electron chi connectivity index (χ0n) is 10.7. The molecule has 18 heavy (non-hydrogen) atoms. The number of hydrogen-bond acceptors (Lipinski definition) is 3. The van der Waals surface area contributed by atoms with E-state index in [-0.39, 0.29) is 11.3 Å². The van der Waals surface area contributed by atoms with Gasteiger partial charge < -0.3 is 5.73 Å². The molecule has 2 nitrogen and oxygen atoms in total. The van der Waals surface area contributed by atoms with Crippen molar-refractivity contribution >= 4 is 11.8 Å². The van der Waals surface area contributed by atoms with E-state index < -0.39 is 0 Å². The Hall–Kier alpha value is -1.32. The molecule has 1 heterocycles. The summed E-state index contributed by atoms with van der Waals surface area (Å²) in [6.07, 6.45) is 1.82. The molecule has 0 aliphatic rings. The lowest BCUT2D eigenvalue weighted by atomic mass is 10.2. The van der Waals surface area contributed by atoms with Crippen LogP contribution in [0.1, 0.15) is 23.4 Å². The van der Waals surface area contributed by atoms with Gasteiger partial charge in [0.2, 0.25) is 0 Å². The second-order valence-corrected chi connectivity index (χ2v) is 5.60. The van der Waals surface area contributed by atoms with Crippen LogP contribution in [0, 0.1) is 6.92 Å². The molecule has 2 N–H and O–H groups in total. The highest BCUT2D eigenvalue weighted by atomic mass is 32.2. The Balaban J connectivity index is 2.26. The van der Waals surface area contributed by atoms with Crippen LogP contribution in [-0.2, 0) is 0 Å². The second-order valence-electron chi connectivity index (χ2n) is 4.42. The minimum absolute atomic E-state index is 0.0597. The number of benzene rings is 1. The third-order valence-corrected chi connectivity index (χ3v) is 4.44. The Morgan fingerprint density at radius 2 is 1.83 bits per heavy atom. The molecule has 2 aromatic rings. The van der Waals surface area contributed by atoms with Gasteiger partial charge in [0.05, 0.1) is 10.9 Å². The van der Waals surface area contributed by atoms with Crippen LogP contribution in [0.3, 0.4) is 0 Å². The minimum Gasteiger partial charge on any atom is -0.327 e. The molecule has 0 aliphatic carbocycles. The van der Waals surface area contributed by atoms with E-state index in [9.17, 15) is 0 Å². The fourth-order valence-corrected chi connectivity index (χ4v) is 2.97. The standard InChI is InChI=1S/C15H18N2S/c1-11-7-3-4-9-14(11)18-15(12(2)16)13-8-5-6-10-17-13/h3-10,12,15H,16H2,1-2H3. The summed E-state index contributed by atoms with van der Waals surface area (Å²) in [6.45, 7) is 4.16. The summed E-state index contributed by atoms with van der Waals surface area (Å²) in [5.41, 5.74) is 8.43. The maximum atomic E-state index is 6.11. The Labute approximate surface area is 113 Å². The third-order valence-electron chi connectivity index (χ3n) is 2.80. The van der Waals surface area contributed by atoms with Crippen LogP contribution in [-0.4, -0.2) is 11.0 Å². The topological polar surface area (TPSA) is 38.9 Å². The summed E-state index contributed by atoms with van der Waals surface area (Å²) in [4.78, 5) is 5.69. The van der Waals surface area contributed by atoms with Crippen molar-refractivity contribution in [2.45, 2.75) is 30.0 Å². The number of pyridine rings is 1. The molecular weight excluding hydrogens is 240 g/mol. The largest absolute Gasteiger partial charge is 0.327 e. The van der Waals surface area contributed by atoms with E-state index in [1.165, 1.54) is 10.5 Å². The third kappa shape index (κ3) is 3.12. The van der Waals surface area contributed by atoms with Crippen LogP contribution < -0.4 is 5.73 Å². The Kier molecular flexibility index (Phi) is 4.39. The maximum absolute atomic E-state index is 6.11. The van der Waals surface area contributed by atoms with Crippen molar-refractivity contribution in [3.8, 4) is 0 Å². The molecule has 0 saturated carbocycles. The summed E-state index contributed by atoms with van der Waals surface area (Å²) < 4.78 is 0. The smallest absolute Gasteiger partial charge is 0.0665 e. The Morgan fingerprint density at radius 1 is 1.11 bits per heavy atom. The predicted octanol–water partition coefficient (Wildman–Crippen LogP) is 3.57. The van der Waals surface area contributed by atoms with Crippen molar-refractivity contribution in [2.75, 3.05) is 0 Å². The van der Waals surface area contributed by atoms with Gasteiger partial charge in [-0.2, -0.15) is 0 Å². The molecule has 0 fully saturated rings. The van der Waals surface area contributed by atoms with E-state index in [1.807, 2.05) is 31.3 Å². The van der Waals surface area contributed by atoms with Crippen molar-refractivity contribution in [2.24, 2.45) is 5.73 Å². The molecule has 0 aliphatic heterocycles. The van der Waals surface area contributed by atoms with Gasteiger partial charge in [-0.25, -0.2) is 0 Å². The molecule has 2 rings (SSSR count). The number of aryl methyl sites for hydroxylation is 1. The van der Waals surface area contributed by atoms with Crippen LogP contribution in [0.15, 0.2) is 53.6 Å². The second kappa shape index (κ2) is 6.03. The first-order valence-electron chi connectivity index (χ1n) is 6.07. The summed E-state index contributed by atoms with van der Waals surface area (Å²) in [6, 6.07) is 14.4. The number of aromatic nitrogens is 1. The summed E-state index contributed by atoms with van der Waals surface area (Å²) >= 11 is 1.79. The van der Waals surface area contributed by atoms with Crippen molar-refractivity contribution in [3.05, 3.63) is 59.9 Å². The summed E-state index contributed by atoms with van der Waals surface area (Å²) in [7, 11) is 0. The highest BCUT2D eigenvalue weighted by Gasteiger charge is 2.19. The average Bonchev–Trinajstić information content (AvgIpc) is 2.38. The lowest BCUT2D eigenvalue weighted by Gasteiger charge is -2.20. The van der Waals surface area contributed by atoms with Crippen LogP contribution in [0.25, 0.3) is 0 Å². The number of thioether (sulfide) groups is 1. The fraction of sp³-hybridized carbons (Fsp3) is 0.267. The first-order valence-corrected chi connectivity index (χ1v) is 6.95. The molecule has 94 valence electrons. The highest BCUT2D eigenvalue weighted by molar-refractivity contribution is 7.99.